The van der Waals surface area contributed by atoms with E-state index in [1.165, 1.54) is 24.6 Å². The highest BCUT2D eigenvalue weighted by atomic mass is 32.2. The molecular formula is C16H24O3S. The molecule has 0 aliphatic carbocycles. The number of hydrogen-bond donors (Lipinski definition) is 1. The number of carbonyl (C=O) groups excluding carboxylic acids is 1. The number of ether oxygens (including phenoxy) is 1. The lowest BCUT2D eigenvalue weighted by Crippen LogP contribution is -2.20. The van der Waals surface area contributed by atoms with Gasteiger partial charge in [0.2, 0.25) is 0 Å². The molecule has 0 spiro atoms. The van der Waals surface area contributed by atoms with Crippen LogP contribution in [0.3, 0.4) is 0 Å². The van der Waals surface area contributed by atoms with Crippen molar-refractivity contribution in [1.82, 2.24) is 0 Å². The van der Waals surface area contributed by atoms with Crippen molar-refractivity contribution < 1.29 is 14.6 Å². The van der Waals surface area contributed by atoms with Gasteiger partial charge in [-0.05, 0) is 37.6 Å². The zero-order chi connectivity index (χ0) is 14.8. The molecule has 0 fully saturated rings. The number of hydrogen-bond acceptors (Lipinski definition) is 4. The Bertz CT molecular complexity index is 389. The second-order valence-corrected chi connectivity index (χ2v) is 5.98. The van der Waals surface area contributed by atoms with Crippen LogP contribution in [0, 0.1) is 0 Å². The Morgan fingerprint density at radius 3 is 2.50 bits per heavy atom. The first-order chi connectivity index (χ1) is 9.67. The van der Waals surface area contributed by atoms with Crippen molar-refractivity contribution in [3.63, 3.8) is 0 Å². The van der Waals surface area contributed by atoms with Gasteiger partial charge in [-0.2, -0.15) is 0 Å². The van der Waals surface area contributed by atoms with Crippen LogP contribution in [0.1, 0.15) is 46.0 Å². The molecule has 3 nitrogen and oxygen atoms in total. The average molecular weight is 296 g/mol. The SMILES string of the molecule is CCCCCC[C@@H](Sc1ccc(O)cc1)C(=O)OCC. The van der Waals surface area contributed by atoms with Crippen LogP contribution in [-0.4, -0.2) is 22.9 Å². The number of benzene rings is 1. The normalized spacial score (nSPS) is 12.1. The molecule has 0 aromatic heterocycles. The number of unbranched alkanes of at least 4 members (excludes halogenated alkanes) is 3. The van der Waals surface area contributed by atoms with Gasteiger partial charge >= 0.3 is 5.97 Å². The first-order valence-corrected chi connectivity index (χ1v) is 8.17. The summed E-state index contributed by atoms with van der Waals surface area (Å²) in [5.41, 5.74) is 0. The molecule has 1 atom stereocenters. The lowest BCUT2D eigenvalue weighted by molar-refractivity contribution is -0.142. The van der Waals surface area contributed by atoms with Crippen LogP contribution in [0.4, 0.5) is 0 Å². The Balaban J connectivity index is 2.56. The molecular weight excluding hydrogens is 272 g/mol. The highest BCUT2D eigenvalue weighted by molar-refractivity contribution is 8.00. The van der Waals surface area contributed by atoms with Crippen LogP contribution in [0.5, 0.6) is 5.75 Å². The Morgan fingerprint density at radius 1 is 1.20 bits per heavy atom. The molecule has 0 saturated heterocycles. The van der Waals surface area contributed by atoms with Crippen molar-refractivity contribution >= 4 is 17.7 Å². The van der Waals surface area contributed by atoms with Crippen molar-refractivity contribution in [2.24, 2.45) is 0 Å². The number of thioether (sulfide) groups is 1. The number of phenolic OH excluding ortho intramolecular Hbond substituents is 1. The maximum absolute atomic E-state index is 12.0. The van der Waals surface area contributed by atoms with Gasteiger partial charge in [-0.25, -0.2) is 0 Å². The minimum Gasteiger partial charge on any atom is -0.508 e. The quantitative estimate of drug-likeness (QED) is 0.417. The summed E-state index contributed by atoms with van der Waals surface area (Å²) in [6.45, 7) is 4.42. The fraction of sp³-hybridized carbons (Fsp3) is 0.562. The van der Waals surface area contributed by atoms with Crippen LogP contribution < -0.4 is 0 Å². The van der Waals surface area contributed by atoms with Gasteiger partial charge in [-0.3, -0.25) is 4.79 Å². The standard InChI is InChI=1S/C16H24O3S/c1-3-5-6-7-8-15(16(18)19-4-2)20-14-11-9-13(17)10-12-14/h9-12,15,17H,3-8H2,1-2H3/t15-/m1/s1. The smallest absolute Gasteiger partial charge is 0.319 e. The summed E-state index contributed by atoms with van der Waals surface area (Å²) in [4.78, 5) is 13.0. The van der Waals surface area contributed by atoms with E-state index in [-0.39, 0.29) is 17.0 Å². The molecule has 1 aromatic rings. The molecule has 0 heterocycles. The van der Waals surface area contributed by atoms with Crippen LogP contribution in [0.25, 0.3) is 0 Å². The largest absolute Gasteiger partial charge is 0.508 e. The molecule has 0 unspecified atom stereocenters. The number of rotatable bonds is 9. The summed E-state index contributed by atoms with van der Waals surface area (Å²) in [7, 11) is 0. The fourth-order valence-electron chi connectivity index (χ4n) is 1.91. The van der Waals surface area contributed by atoms with Crippen LogP contribution in [0.2, 0.25) is 0 Å². The van der Waals surface area contributed by atoms with Crippen molar-refractivity contribution in [2.75, 3.05) is 6.61 Å². The van der Waals surface area contributed by atoms with Crippen molar-refractivity contribution in [2.45, 2.75) is 56.1 Å². The highest BCUT2D eigenvalue weighted by Gasteiger charge is 2.20. The molecule has 0 radical (unpaired) electrons. The molecule has 4 heteroatoms. The van der Waals surface area contributed by atoms with E-state index >= 15 is 0 Å². The number of aromatic hydroxyl groups is 1. The molecule has 0 amide bonds. The van der Waals surface area contributed by atoms with Gasteiger partial charge < -0.3 is 9.84 Å². The minimum atomic E-state index is -0.156. The van der Waals surface area contributed by atoms with Gasteiger partial charge in [-0.1, -0.05) is 32.6 Å². The Hall–Kier alpha value is -1.16. The second kappa shape index (κ2) is 9.70. The molecule has 1 N–H and O–H groups in total. The third-order valence-electron chi connectivity index (χ3n) is 2.98. The first-order valence-electron chi connectivity index (χ1n) is 7.29. The predicted molar refractivity (Wildman–Crippen MR) is 83.1 cm³/mol. The van der Waals surface area contributed by atoms with Gasteiger partial charge in [0.25, 0.3) is 0 Å². The van der Waals surface area contributed by atoms with E-state index in [1.807, 2.05) is 19.1 Å². The van der Waals surface area contributed by atoms with Crippen molar-refractivity contribution in [3.8, 4) is 5.75 Å². The molecule has 0 aliphatic heterocycles. The lowest BCUT2D eigenvalue weighted by Gasteiger charge is -2.15. The number of carbonyl (C=O) groups is 1. The number of esters is 1. The van der Waals surface area contributed by atoms with E-state index in [0.717, 1.165) is 24.2 Å². The van der Waals surface area contributed by atoms with Crippen LogP contribution in [0.15, 0.2) is 29.2 Å². The van der Waals surface area contributed by atoms with E-state index in [9.17, 15) is 9.90 Å². The molecule has 0 bridgehead atoms. The Kier molecular flexibility index (Phi) is 8.19. The van der Waals surface area contributed by atoms with Crippen molar-refractivity contribution in [1.29, 1.82) is 0 Å². The Labute approximate surface area is 125 Å². The van der Waals surface area contributed by atoms with E-state index < -0.39 is 0 Å². The summed E-state index contributed by atoms with van der Waals surface area (Å²) >= 11 is 1.52. The van der Waals surface area contributed by atoms with E-state index in [0.29, 0.717) is 6.61 Å². The molecule has 0 aliphatic rings. The first kappa shape index (κ1) is 16.9. The summed E-state index contributed by atoms with van der Waals surface area (Å²) in [6.07, 6.45) is 5.43. The zero-order valence-corrected chi connectivity index (χ0v) is 13.1. The topological polar surface area (TPSA) is 46.5 Å². The molecule has 0 saturated carbocycles. The third-order valence-corrected chi connectivity index (χ3v) is 4.24. The van der Waals surface area contributed by atoms with Gasteiger partial charge in [0.15, 0.2) is 0 Å². The average Bonchev–Trinajstić information content (AvgIpc) is 2.44. The fourth-order valence-corrected chi connectivity index (χ4v) is 2.98. The molecule has 20 heavy (non-hydrogen) atoms. The minimum absolute atomic E-state index is 0.137. The Morgan fingerprint density at radius 2 is 1.90 bits per heavy atom. The van der Waals surface area contributed by atoms with E-state index in [2.05, 4.69) is 6.92 Å². The van der Waals surface area contributed by atoms with Gasteiger partial charge in [0.1, 0.15) is 11.0 Å². The molecule has 112 valence electrons. The van der Waals surface area contributed by atoms with Crippen LogP contribution in [-0.2, 0) is 9.53 Å². The maximum Gasteiger partial charge on any atom is 0.319 e. The third kappa shape index (κ3) is 6.33. The second-order valence-electron chi connectivity index (χ2n) is 4.70. The summed E-state index contributed by atoms with van der Waals surface area (Å²) in [5, 5.41) is 9.13. The summed E-state index contributed by atoms with van der Waals surface area (Å²) in [6, 6.07) is 6.94. The zero-order valence-electron chi connectivity index (χ0n) is 12.3. The van der Waals surface area contributed by atoms with Gasteiger partial charge in [0, 0.05) is 4.90 Å². The highest BCUT2D eigenvalue weighted by Crippen LogP contribution is 2.29. The molecule has 1 rings (SSSR count). The lowest BCUT2D eigenvalue weighted by atomic mass is 10.1. The predicted octanol–water partition coefficient (Wildman–Crippen LogP) is 4.39. The number of phenols is 1. The van der Waals surface area contributed by atoms with Gasteiger partial charge in [-0.15, -0.1) is 11.8 Å². The van der Waals surface area contributed by atoms with Crippen LogP contribution >= 0.6 is 11.8 Å². The van der Waals surface area contributed by atoms with E-state index in [1.54, 1.807) is 12.1 Å². The molecule has 1 aromatic carbocycles. The summed E-state index contributed by atoms with van der Waals surface area (Å²) < 4.78 is 5.15. The van der Waals surface area contributed by atoms with Gasteiger partial charge in [0.05, 0.1) is 6.61 Å². The monoisotopic (exact) mass is 296 g/mol. The maximum atomic E-state index is 12.0. The van der Waals surface area contributed by atoms with E-state index in [4.69, 9.17) is 4.74 Å². The van der Waals surface area contributed by atoms with Crippen molar-refractivity contribution in [3.05, 3.63) is 24.3 Å². The summed E-state index contributed by atoms with van der Waals surface area (Å²) in [5.74, 6) is 0.104.